The Balaban J connectivity index is 1.58. The predicted octanol–water partition coefficient (Wildman–Crippen LogP) is 4.14. The molecule has 3 unspecified atom stereocenters. The lowest BCUT2D eigenvalue weighted by molar-refractivity contribution is -0.167. The lowest BCUT2D eigenvalue weighted by atomic mass is 9.44. The summed E-state index contributed by atoms with van der Waals surface area (Å²) in [5.74, 6) is 5.55. The van der Waals surface area contributed by atoms with E-state index in [2.05, 4.69) is 19.8 Å². The Kier molecular flexibility index (Phi) is 3.87. The highest BCUT2D eigenvalue weighted by Gasteiger charge is 2.59. The fourth-order valence-electron chi connectivity index (χ4n) is 7.67. The molecule has 2 heteroatoms. The summed E-state index contributed by atoms with van der Waals surface area (Å²) in [5, 5.41) is 21.0. The smallest absolute Gasteiger partial charge is 0.143 e. The Hall–Kier alpha value is -0.520. The van der Waals surface area contributed by atoms with Gasteiger partial charge in [0.1, 0.15) is 11.7 Å². The fourth-order valence-corrected chi connectivity index (χ4v) is 7.67. The first-order chi connectivity index (χ1) is 11.3. The van der Waals surface area contributed by atoms with Crippen molar-refractivity contribution in [2.75, 3.05) is 0 Å². The Morgan fingerprint density at radius 2 is 1.79 bits per heavy atom. The van der Waals surface area contributed by atoms with E-state index < -0.39 is 11.7 Å². The highest BCUT2D eigenvalue weighted by atomic mass is 16.3. The minimum atomic E-state index is -1.05. The predicted molar refractivity (Wildman–Crippen MR) is 96.1 cm³/mol. The zero-order valence-electron chi connectivity index (χ0n) is 15.4. The molecule has 0 amide bonds. The van der Waals surface area contributed by atoms with Crippen LogP contribution >= 0.6 is 0 Å². The topological polar surface area (TPSA) is 40.5 Å². The van der Waals surface area contributed by atoms with E-state index in [1.54, 1.807) is 0 Å². The third-order valence-corrected chi connectivity index (χ3v) is 9.21. The van der Waals surface area contributed by atoms with Gasteiger partial charge in [-0.1, -0.05) is 26.2 Å². The third-order valence-electron chi connectivity index (χ3n) is 9.21. The van der Waals surface area contributed by atoms with Crippen molar-refractivity contribution in [3.63, 3.8) is 0 Å². The summed E-state index contributed by atoms with van der Waals surface area (Å²) in [6.07, 6.45) is 16.4. The Labute approximate surface area is 147 Å². The summed E-state index contributed by atoms with van der Waals surface area (Å²) < 4.78 is 0. The molecular formula is C22H34O2. The molecule has 0 aliphatic heterocycles. The van der Waals surface area contributed by atoms with Gasteiger partial charge in [0.2, 0.25) is 0 Å². The second kappa shape index (κ2) is 5.49. The summed E-state index contributed by atoms with van der Waals surface area (Å²) in [6, 6.07) is 0. The minimum absolute atomic E-state index is 0.341. The van der Waals surface area contributed by atoms with Crippen molar-refractivity contribution in [1.29, 1.82) is 0 Å². The summed E-state index contributed by atoms with van der Waals surface area (Å²) in [5.41, 5.74) is -0.102. The van der Waals surface area contributed by atoms with Gasteiger partial charge in [0.15, 0.2) is 0 Å². The highest BCUT2D eigenvalue weighted by molar-refractivity contribution is 5.13. The molecule has 4 fully saturated rings. The molecule has 4 rings (SSSR count). The van der Waals surface area contributed by atoms with E-state index in [0.717, 1.165) is 24.2 Å². The largest absolute Gasteiger partial charge is 0.386 e. The van der Waals surface area contributed by atoms with Crippen LogP contribution in [-0.2, 0) is 0 Å². The van der Waals surface area contributed by atoms with Gasteiger partial charge in [0.25, 0.3) is 0 Å². The maximum atomic E-state index is 10.9. The van der Waals surface area contributed by atoms with Crippen LogP contribution in [0.25, 0.3) is 0 Å². The van der Waals surface area contributed by atoms with Gasteiger partial charge in [-0.05, 0) is 92.3 Å². The monoisotopic (exact) mass is 330 g/mol. The van der Waals surface area contributed by atoms with E-state index >= 15 is 0 Å². The number of hydrogen-bond donors (Lipinski definition) is 2. The average Bonchev–Trinajstić information content (AvgIpc) is 2.96. The number of aliphatic hydroxyl groups is 2. The molecule has 0 heterocycles. The summed E-state index contributed by atoms with van der Waals surface area (Å²) >= 11 is 0. The molecule has 8 atom stereocenters. The van der Waals surface area contributed by atoms with Gasteiger partial charge >= 0.3 is 0 Å². The molecule has 0 aromatic carbocycles. The SMILES string of the molecule is C#CC(O)C1(O)CC[C@@]2(C)C(CC[C@@H]3[C@H]2CC[C@]2(C)CCC[C@@H]32)C1. The molecule has 0 aromatic heterocycles. The van der Waals surface area contributed by atoms with Gasteiger partial charge < -0.3 is 10.2 Å². The zero-order chi connectivity index (χ0) is 17.2. The maximum absolute atomic E-state index is 10.9. The van der Waals surface area contributed by atoms with Crippen molar-refractivity contribution in [2.24, 2.45) is 34.5 Å². The number of hydrogen-bond acceptors (Lipinski definition) is 2. The minimum Gasteiger partial charge on any atom is -0.386 e. The quantitative estimate of drug-likeness (QED) is 0.709. The van der Waals surface area contributed by atoms with Crippen LogP contribution in [0.15, 0.2) is 0 Å². The molecule has 0 radical (unpaired) electrons. The maximum Gasteiger partial charge on any atom is 0.143 e. The van der Waals surface area contributed by atoms with Crippen LogP contribution in [0.2, 0.25) is 0 Å². The molecule has 134 valence electrons. The van der Waals surface area contributed by atoms with E-state index in [-0.39, 0.29) is 0 Å². The second-order valence-electron chi connectivity index (χ2n) is 10.1. The lowest BCUT2D eigenvalue weighted by Gasteiger charge is -2.61. The number of aliphatic hydroxyl groups excluding tert-OH is 1. The van der Waals surface area contributed by atoms with Gasteiger partial charge in [0, 0.05) is 0 Å². The van der Waals surface area contributed by atoms with E-state index in [1.807, 2.05) is 0 Å². The van der Waals surface area contributed by atoms with Gasteiger partial charge in [-0.3, -0.25) is 0 Å². The summed E-state index contributed by atoms with van der Waals surface area (Å²) in [7, 11) is 0. The second-order valence-corrected chi connectivity index (χ2v) is 10.1. The first-order valence-electron chi connectivity index (χ1n) is 10.2. The Morgan fingerprint density at radius 3 is 2.54 bits per heavy atom. The molecule has 2 N–H and O–H groups in total. The van der Waals surface area contributed by atoms with Gasteiger partial charge in [-0.25, -0.2) is 0 Å². The lowest BCUT2D eigenvalue weighted by Crippen LogP contribution is -2.57. The number of terminal acetylenes is 1. The molecule has 24 heavy (non-hydrogen) atoms. The average molecular weight is 331 g/mol. The standard InChI is InChI=1S/C22H34O2/c1-4-19(23)22(24)13-12-21(3)15(14-22)7-8-16-17-6-5-10-20(17,2)11-9-18(16)21/h1,15-19,23-24H,5-14H2,2-3H3/t15?,16-,17-,18+,19?,20-,21-,22?/m0/s1. The fraction of sp³-hybridized carbons (Fsp3) is 0.909. The first-order valence-corrected chi connectivity index (χ1v) is 10.2. The highest BCUT2D eigenvalue weighted by Crippen LogP contribution is 2.66. The van der Waals surface area contributed by atoms with Crippen LogP contribution in [-0.4, -0.2) is 21.9 Å². The van der Waals surface area contributed by atoms with Crippen molar-refractivity contribution < 1.29 is 10.2 Å². The van der Waals surface area contributed by atoms with Crippen LogP contribution in [0.5, 0.6) is 0 Å². The van der Waals surface area contributed by atoms with Crippen LogP contribution in [0.4, 0.5) is 0 Å². The summed E-state index contributed by atoms with van der Waals surface area (Å²) in [6.45, 7) is 5.05. The van der Waals surface area contributed by atoms with Crippen molar-refractivity contribution >= 4 is 0 Å². The molecule has 0 bridgehead atoms. The molecule has 4 saturated carbocycles. The number of rotatable bonds is 1. The van der Waals surface area contributed by atoms with Crippen molar-refractivity contribution in [3.05, 3.63) is 0 Å². The van der Waals surface area contributed by atoms with Gasteiger partial charge in [0.05, 0.1) is 0 Å². The molecule has 4 aliphatic carbocycles. The van der Waals surface area contributed by atoms with E-state index in [1.165, 1.54) is 44.9 Å². The molecule has 4 aliphatic rings. The molecule has 0 saturated heterocycles. The van der Waals surface area contributed by atoms with Crippen LogP contribution in [0.1, 0.15) is 78.1 Å². The van der Waals surface area contributed by atoms with Crippen molar-refractivity contribution in [3.8, 4) is 12.3 Å². The normalized spacial score (nSPS) is 55.0. The van der Waals surface area contributed by atoms with Gasteiger partial charge in [-0.15, -0.1) is 6.42 Å². The van der Waals surface area contributed by atoms with Crippen LogP contribution < -0.4 is 0 Å². The van der Waals surface area contributed by atoms with E-state index in [0.29, 0.717) is 29.6 Å². The molecule has 2 nitrogen and oxygen atoms in total. The molecule has 0 aromatic rings. The third kappa shape index (κ3) is 2.24. The zero-order valence-corrected chi connectivity index (χ0v) is 15.4. The summed E-state index contributed by atoms with van der Waals surface area (Å²) in [4.78, 5) is 0. The van der Waals surface area contributed by atoms with Gasteiger partial charge in [-0.2, -0.15) is 0 Å². The van der Waals surface area contributed by atoms with Crippen molar-refractivity contribution in [1.82, 2.24) is 0 Å². The molecule has 0 spiro atoms. The van der Waals surface area contributed by atoms with Crippen LogP contribution in [0, 0.1) is 46.8 Å². The first kappa shape index (κ1) is 16.9. The van der Waals surface area contributed by atoms with Crippen molar-refractivity contribution in [2.45, 2.75) is 89.8 Å². The van der Waals surface area contributed by atoms with Crippen LogP contribution in [0.3, 0.4) is 0 Å². The van der Waals surface area contributed by atoms with E-state index in [4.69, 9.17) is 6.42 Å². The Bertz CT molecular complexity index is 551. The van der Waals surface area contributed by atoms with E-state index in [9.17, 15) is 10.2 Å². The number of fused-ring (bicyclic) bond motifs is 5. The Morgan fingerprint density at radius 1 is 1.00 bits per heavy atom. The molecular weight excluding hydrogens is 296 g/mol.